The molecule has 3 heterocycles. The quantitative estimate of drug-likeness (QED) is 0.758. The van der Waals surface area contributed by atoms with Crippen LogP contribution in [-0.2, 0) is 0 Å². The average Bonchev–Trinajstić information content (AvgIpc) is 3.24. The second-order valence-electron chi connectivity index (χ2n) is 6.70. The highest BCUT2D eigenvalue weighted by atomic mass is 16.2. The number of hydrogen-bond donors (Lipinski definition) is 2. The van der Waals surface area contributed by atoms with E-state index in [0.717, 1.165) is 53.9 Å². The van der Waals surface area contributed by atoms with Gasteiger partial charge in [0.05, 0.1) is 0 Å². The molecule has 0 bridgehead atoms. The van der Waals surface area contributed by atoms with Gasteiger partial charge in [-0.1, -0.05) is 0 Å². The monoisotopic (exact) mass is 322 g/mol. The second kappa shape index (κ2) is 5.82. The van der Waals surface area contributed by atoms with E-state index in [-0.39, 0.29) is 5.91 Å². The van der Waals surface area contributed by atoms with E-state index >= 15 is 0 Å². The maximum atomic E-state index is 13.0. The first kappa shape index (κ1) is 15.0. The number of piperidine rings is 1. The first-order chi connectivity index (χ1) is 11.6. The van der Waals surface area contributed by atoms with Crippen molar-refractivity contribution < 1.29 is 4.79 Å². The van der Waals surface area contributed by atoms with Crippen LogP contribution in [0, 0.1) is 13.8 Å². The molecule has 0 aliphatic carbocycles. The Morgan fingerprint density at radius 1 is 1.33 bits per heavy atom. The van der Waals surface area contributed by atoms with E-state index in [1.807, 2.05) is 29.3 Å². The van der Waals surface area contributed by atoms with E-state index in [9.17, 15) is 4.79 Å². The Morgan fingerprint density at radius 3 is 3.00 bits per heavy atom. The van der Waals surface area contributed by atoms with E-state index in [1.165, 1.54) is 5.56 Å². The van der Waals surface area contributed by atoms with Crippen LogP contribution in [0.3, 0.4) is 0 Å². The molecule has 2 N–H and O–H groups in total. The Hall–Kier alpha value is -2.56. The molecule has 24 heavy (non-hydrogen) atoms. The van der Waals surface area contributed by atoms with E-state index in [2.05, 4.69) is 28.8 Å². The molecule has 5 nitrogen and oxygen atoms in total. The number of amides is 1. The summed E-state index contributed by atoms with van der Waals surface area (Å²) in [5, 5.41) is 1.14. The highest BCUT2D eigenvalue weighted by Gasteiger charge is 2.27. The zero-order valence-corrected chi connectivity index (χ0v) is 14.1. The lowest BCUT2D eigenvalue weighted by Gasteiger charge is -2.32. The number of rotatable bonds is 2. The lowest BCUT2D eigenvalue weighted by Crippen LogP contribution is -2.39. The number of nitrogens with zero attached hydrogens (tertiary/aromatic N) is 2. The highest BCUT2D eigenvalue weighted by molar-refractivity contribution is 5.99. The average molecular weight is 322 g/mol. The summed E-state index contributed by atoms with van der Waals surface area (Å²) in [6, 6.07) is 5.96. The first-order valence-electron chi connectivity index (χ1n) is 8.51. The molecule has 1 aliphatic heterocycles. The number of hydrogen-bond acceptors (Lipinski definition) is 2. The molecule has 1 saturated heterocycles. The Kier molecular flexibility index (Phi) is 3.63. The van der Waals surface area contributed by atoms with Crippen molar-refractivity contribution in [3.05, 3.63) is 53.2 Å². The molecule has 0 saturated carbocycles. The van der Waals surface area contributed by atoms with Crippen LogP contribution in [0.25, 0.3) is 10.9 Å². The van der Waals surface area contributed by atoms with Crippen molar-refractivity contribution in [2.45, 2.75) is 32.6 Å². The summed E-state index contributed by atoms with van der Waals surface area (Å²) in [4.78, 5) is 25.8. The van der Waals surface area contributed by atoms with Crippen molar-refractivity contribution in [1.82, 2.24) is 19.9 Å². The van der Waals surface area contributed by atoms with Gasteiger partial charge in [-0.3, -0.25) is 4.79 Å². The molecule has 1 atom stereocenters. The summed E-state index contributed by atoms with van der Waals surface area (Å²) in [6.45, 7) is 5.71. The topological polar surface area (TPSA) is 64.8 Å². The standard InChI is InChI=1S/C19H22N4O/c1-12-13(2)22-17-6-5-14(10-16(12)17)19(24)23-9-3-4-15(11-23)18-20-7-8-21-18/h5-8,10,15,22H,3-4,9,11H2,1-2H3,(H,20,21). The van der Waals surface area contributed by atoms with Crippen molar-refractivity contribution in [2.24, 2.45) is 0 Å². The van der Waals surface area contributed by atoms with Crippen LogP contribution < -0.4 is 0 Å². The predicted molar refractivity (Wildman–Crippen MR) is 94.2 cm³/mol. The van der Waals surface area contributed by atoms with Crippen molar-refractivity contribution in [1.29, 1.82) is 0 Å². The molecular formula is C19H22N4O. The van der Waals surface area contributed by atoms with Crippen LogP contribution in [0.2, 0.25) is 0 Å². The largest absolute Gasteiger partial charge is 0.358 e. The molecule has 4 rings (SSSR count). The van der Waals surface area contributed by atoms with Crippen LogP contribution in [0.15, 0.2) is 30.6 Å². The molecule has 2 aromatic heterocycles. The Bertz CT molecular complexity index is 878. The van der Waals surface area contributed by atoms with Crippen molar-refractivity contribution in [3.63, 3.8) is 0 Å². The molecule has 1 aromatic carbocycles. The van der Waals surface area contributed by atoms with Gasteiger partial charge < -0.3 is 14.9 Å². The highest BCUT2D eigenvalue weighted by Crippen LogP contribution is 2.27. The van der Waals surface area contributed by atoms with Crippen molar-refractivity contribution in [2.75, 3.05) is 13.1 Å². The maximum absolute atomic E-state index is 13.0. The number of benzene rings is 1. The molecule has 1 unspecified atom stereocenters. The molecule has 3 aromatic rings. The minimum absolute atomic E-state index is 0.117. The lowest BCUT2D eigenvalue weighted by molar-refractivity contribution is 0.0705. The smallest absolute Gasteiger partial charge is 0.253 e. The number of aromatic nitrogens is 3. The third kappa shape index (κ3) is 2.50. The van der Waals surface area contributed by atoms with Gasteiger partial charge in [0.2, 0.25) is 0 Å². The normalized spacial score (nSPS) is 18.2. The van der Waals surface area contributed by atoms with Crippen LogP contribution in [0.4, 0.5) is 0 Å². The number of carbonyl (C=O) groups is 1. The van der Waals surface area contributed by atoms with E-state index < -0.39 is 0 Å². The number of aryl methyl sites for hydroxylation is 2. The number of imidazole rings is 1. The maximum Gasteiger partial charge on any atom is 0.253 e. The third-order valence-corrected chi connectivity index (χ3v) is 5.17. The van der Waals surface area contributed by atoms with E-state index in [1.54, 1.807) is 6.20 Å². The number of H-pyrrole nitrogens is 2. The fraction of sp³-hybridized carbons (Fsp3) is 0.368. The second-order valence-corrected chi connectivity index (χ2v) is 6.70. The van der Waals surface area contributed by atoms with Gasteiger partial charge in [0.1, 0.15) is 5.82 Å². The van der Waals surface area contributed by atoms with Gasteiger partial charge in [0, 0.05) is 53.6 Å². The molecule has 1 aliphatic rings. The SMILES string of the molecule is Cc1[nH]c2ccc(C(=O)N3CCCC(c4ncc[nH]4)C3)cc2c1C. The number of carbonyl (C=O) groups excluding carboxylic acids is 1. The number of likely N-dealkylation sites (tertiary alicyclic amines) is 1. The lowest BCUT2D eigenvalue weighted by atomic mass is 9.96. The van der Waals surface area contributed by atoms with E-state index in [4.69, 9.17) is 0 Å². The molecule has 124 valence electrons. The van der Waals surface area contributed by atoms with Gasteiger partial charge >= 0.3 is 0 Å². The fourth-order valence-corrected chi connectivity index (χ4v) is 3.66. The summed E-state index contributed by atoms with van der Waals surface area (Å²) >= 11 is 0. The Morgan fingerprint density at radius 2 is 2.21 bits per heavy atom. The molecule has 5 heteroatoms. The summed E-state index contributed by atoms with van der Waals surface area (Å²) in [5.41, 5.74) is 4.23. The third-order valence-electron chi connectivity index (χ3n) is 5.17. The van der Waals surface area contributed by atoms with Crippen LogP contribution in [0.5, 0.6) is 0 Å². The first-order valence-corrected chi connectivity index (χ1v) is 8.51. The van der Waals surface area contributed by atoms with Gasteiger partial charge in [-0.2, -0.15) is 0 Å². The van der Waals surface area contributed by atoms with Crippen molar-refractivity contribution >= 4 is 16.8 Å². The summed E-state index contributed by atoms with van der Waals surface area (Å²) < 4.78 is 0. The van der Waals surface area contributed by atoms with Gasteiger partial charge in [-0.05, 0) is 50.5 Å². The summed E-state index contributed by atoms with van der Waals surface area (Å²) in [5.74, 6) is 1.41. The minimum atomic E-state index is 0.117. The Labute approximate surface area is 141 Å². The molecule has 1 amide bonds. The molecule has 1 fully saturated rings. The predicted octanol–water partition coefficient (Wildman–Crippen LogP) is 3.53. The molecule has 0 spiro atoms. The van der Waals surface area contributed by atoms with Gasteiger partial charge in [0.25, 0.3) is 5.91 Å². The van der Waals surface area contributed by atoms with Crippen LogP contribution >= 0.6 is 0 Å². The van der Waals surface area contributed by atoms with Crippen molar-refractivity contribution in [3.8, 4) is 0 Å². The number of fused-ring (bicyclic) bond motifs is 1. The fourth-order valence-electron chi connectivity index (χ4n) is 3.66. The van der Waals surface area contributed by atoms with Gasteiger partial charge in [-0.25, -0.2) is 4.98 Å². The number of nitrogens with one attached hydrogen (secondary N) is 2. The van der Waals surface area contributed by atoms with Gasteiger partial charge in [0.15, 0.2) is 0 Å². The zero-order valence-electron chi connectivity index (χ0n) is 14.1. The van der Waals surface area contributed by atoms with E-state index in [0.29, 0.717) is 5.92 Å². The van der Waals surface area contributed by atoms with Crippen LogP contribution in [-0.4, -0.2) is 38.8 Å². The zero-order chi connectivity index (χ0) is 16.7. The summed E-state index contributed by atoms with van der Waals surface area (Å²) in [6.07, 6.45) is 5.72. The number of aromatic amines is 2. The minimum Gasteiger partial charge on any atom is -0.358 e. The molecular weight excluding hydrogens is 300 g/mol. The molecule has 0 radical (unpaired) electrons. The van der Waals surface area contributed by atoms with Gasteiger partial charge in [-0.15, -0.1) is 0 Å². The summed E-state index contributed by atoms with van der Waals surface area (Å²) in [7, 11) is 0. The van der Waals surface area contributed by atoms with Crippen LogP contribution in [0.1, 0.15) is 46.2 Å². The Balaban J connectivity index is 1.59.